The highest BCUT2D eigenvalue weighted by Crippen LogP contribution is 2.13. The van der Waals surface area contributed by atoms with Crippen molar-refractivity contribution in [1.82, 2.24) is 0 Å². The van der Waals surface area contributed by atoms with Crippen molar-refractivity contribution < 1.29 is 4.79 Å². The SMILES string of the molecule is CC(=O)CCCC[Si](C)(C)C. The van der Waals surface area contributed by atoms with Crippen LogP contribution in [0.15, 0.2) is 0 Å². The molecule has 0 aliphatic rings. The summed E-state index contributed by atoms with van der Waals surface area (Å²) < 4.78 is 0. The Morgan fingerprint density at radius 2 is 1.73 bits per heavy atom. The summed E-state index contributed by atoms with van der Waals surface area (Å²) >= 11 is 0. The van der Waals surface area contributed by atoms with Gasteiger partial charge in [0.1, 0.15) is 5.78 Å². The number of hydrogen-bond acceptors (Lipinski definition) is 1. The Morgan fingerprint density at radius 3 is 2.09 bits per heavy atom. The number of carbonyl (C=O) groups excluding carboxylic acids is 1. The van der Waals surface area contributed by atoms with Gasteiger partial charge in [0.25, 0.3) is 0 Å². The zero-order valence-electron chi connectivity index (χ0n) is 8.24. The molecule has 11 heavy (non-hydrogen) atoms. The molecule has 0 aromatic carbocycles. The first-order valence-electron chi connectivity index (χ1n) is 4.41. The Kier molecular flexibility index (Phi) is 4.65. The van der Waals surface area contributed by atoms with Crippen molar-refractivity contribution in [1.29, 1.82) is 0 Å². The molecule has 0 amide bonds. The number of ketones is 1. The molecule has 0 N–H and O–H groups in total. The van der Waals surface area contributed by atoms with Gasteiger partial charge in [-0.2, -0.15) is 0 Å². The fraction of sp³-hybridized carbons (Fsp3) is 0.889. The highest BCUT2D eigenvalue weighted by atomic mass is 28.3. The molecule has 0 saturated carbocycles. The first-order chi connectivity index (χ1) is 4.92. The molecule has 0 fully saturated rings. The van der Waals surface area contributed by atoms with Gasteiger partial charge in [-0.05, 0) is 13.3 Å². The van der Waals surface area contributed by atoms with Crippen molar-refractivity contribution >= 4 is 13.9 Å². The van der Waals surface area contributed by atoms with E-state index in [0.717, 1.165) is 12.8 Å². The van der Waals surface area contributed by atoms with Crippen LogP contribution in [-0.4, -0.2) is 13.9 Å². The Hall–Kier alpha value is -0.113. The van der Waals surface area contributed by atoms with Crippen LogP contribution in [-0.2, 0) is 4.79 Å². The Labute approximate surface area is 71.2 Å². The van der Waals surface area contributed by atoms with Gasteiger partial charge in [-0.15, -0.1) is 0 Å². The van der Waals surface area contributed by atoms with Gasteiger partial charge < -0.3 is 4.79 Å². The van der Waals surface area contributed by atoms with Crippen molar-refractivity contribution in [2.75, 3.05) is 0 Å². The van der Waals surface area contributed by atoms with E-state index in [2.05, 4.69) is 19.6 Å². The van der Waals surface area contributed by atoms with Gasteiger partial charge in [0.15, 0.2) is 0 Å². The van der Waals surface area contributed by atoms with Crippen molar-refractivity contribution in [2.45, 2.75) is 51.9 Å². The normalized spacial score (nSPS) is 11.6. The fourth-order valence-electron chi connectivity index (χ4n) is 1.03. The smallest absolute Gasteiger partial charge is 0.129 e. The zero-order chi connectivity index (χ0) is 8.91. The van der Waals surface area contributed by atoms with Gasteiger partial charge in [-0.25, -0.2) is 0 Å². The topological polar surface area (TPSA) is 17.1 Å². The summed E-state index contributed by atoms with van der Waals surface area (Å²) in [6.45, 7) is 8.80. The number of unbranched alkanes of at least 4 members (excludes halogenated alkanes) is 1. The minimum Gasteiger partial charge on any atom is -0.300 e. The van der Waals surface area contributed by atoms with E-state index >= 15 is 0 Å². The summed E-state index contributed by atoms with van der Waals surface area (Å²) in [6.07, 6.45) is 3.12. The van der Waals surface area contributed by atoms with Crippen LogP contribution in [0.4, 0.5) is 0 Å². The summed E-state index contributed by atoms with van der Waals surface area (Å²) in [5.74, 6) is 0.334. The molecule has 0 aliphatic heterocycles. The molecule has 66 valence electrons. The van der Waals surface area contributed by atoms with Gasteiger partial charge in [0, 0.05) is 14.5 Å². The maximum atomic E-state index is 10.6. The lowest BCUT2D eigenvalue weighted by atomic mass is 10.2. The van der Waals surface area contributed by atoms with E-state index in [0.29, 0.717) is 5.78 Å². The van der Waals surface area contributed by atoms with Crippen LogP contribution in [0.1, 0.15) is 26.2 Å². The first kappa shape index (κ1) is 10.9. The largest absolute Gasteiger partial charge is 0.300 e. The summed E-state index contributed by atoms with van der Waals surface area (Å²) in [5.41, 5.74) is 0. The molecule has 0 saturated heterocycles. The van der Waals surface area contributed by atoms with E-state index in [9.17, 15) is 4.79 Å². The van der Waals surface area contributed by atoms with Gasteiger partial charge in [0.05, 0.1) is 0 Å². The van der Waals surface area contributed by atoms with Crippen molar-refractivity contribution in [2.24, 2.45) is 0 Å². The molecule has 0 heterocycles. The van der Waals surface area contributed by atoms with Gasteiger partial charge >= 0.3 is 0 Å². The van der Waals surface area contributed by atoms with E-state index in [1.54, 1.807) is 6.92 Å². The lowest BCUT2D eigenvalue weighted by Gasteiger charge is -2.14. The summed E-state index contributed by atoms with van der Waals surface area (Å²) in [4.78, 5) is 10.6. The summed E-state index contributed by atoms with van der Waals surface area (Å²) in [5, 5.41) is 0. The maximum absolute atomic E-state index is 10.6. The fourth-order valence-corrected chi connectivity index (χ4v) is 2.34. The third kappa shape index (κ3) is 9.89. The minimum absolute atomic E-state index is 0.334. The quantitative estimate of drug-likeness (QED) is 0.460. The molecule has 0 unspecified atom stereocenters. The third-order valence-corrected chi connectivity index (χ3v) is 3.56. The number of hydrogen-bond donors (Lipinski definition) is 0. The second-order valence-electron chi connectivity index (χ2n) is 4.47. The van der Waals surface area contributed by atoms with Crippen LogP contribution in [0.2, 0.25) is 25.7 Å². The number of Topliss-reactive ketones (excluding diaryl/α,β-unsaturated/α-hetero) is 1. The Balaban J connectivity index is 3.22. The lowest BCUT2D eigenvalue weighted by Crippen LogP contribution is -2.18. The first-order valence-corrected chi connectivity index (χ1v) is 8.12. The predicted octanol–water partition coefficient (Wildman–Crippen LogP) is 3.08. The number of carbonyl (C=O) groups is 1. The molecule has 0 aromatic rings. The molecule has 0 rings (SSSR count). The second kappa shape index (κ2) is 4.70. The van der Waals surface area contributed by atoms with E-state index in [1.165, 1.54) is 12.5 Å². The number of rotatable bonds is 5. The van der Waals surface area contributed by atoms with Crippen LogP contribution in [0, 0.1) is 0 Å². The predicted molar refractivity (Wildman–Crippen MR) is 52.7 cm³/mol. The average molecular weight is 172 g/mol. The van der Waals surface area contributed by atoms with Gasteiger partial charge in [-0.1, -0.05) is 32.1 Å². The Morgan fingerprint density at radius 1 is 1.18 bits per heavy atom. The van der Waals surface area contributed by atoms with Crippen LogP contribution in [0.5, 0.6) is 0 Å². The van der Waals surface area contributed by atoms with Crippen LogP contribution < -0.4 is 0 Å². The highest BCUT2D eigenvalue weighted by Gasteiger charge is 2.11. The van der Waals surface area contributed by atoms with Crippen molar-refractivity contribution in [3.8, 4) is 0 Å². The molecular weight excluding hydrogens is 152 g/mol. The van der Waals surface area contributed by atoms with Gasteiger partial charge in [0.2, 0.25) is 0 Å². The van der Waals surface area contributed by atoms with Crippen LogP contribution in [0.25, 0.3) is 0 Å². The molecule has 2 heteroatoms. The maximum Gasteiger partial charge on any atom is 0.129 e. The monoisotopic (exact) mass is 172 g/mol. The molecule has 0 aliphatic carbocycles. The van der Waals surface area contributed by atoms with Crippen molar-refractivity contribution in [3.63, 3.8) is 0 Å². The second-order valence-corrected chi connectivity index (χ2v) is 10.1. The molecule has 0 radical (unpaired) electrons. The van der Waals surface area contributed by atoms with Crippen LogP contribution in [0.3, 0.4) is 0 Å². The molecular formula is C9H20OSi. The third-order valence-electron chi connectivity index (χ3n) is 1.71. The van der Waals surface area contributed by atoms with E-state index in [1.807, 2.05) is 0 Å². The summed E-state index contributed by atoms with van der Waals surface area (Å²) in [7, 11) is -0.841. The summed E-state index contributed by atoms with van der Waals surface area (Å²) in [6, 6.07) is 1.36. The molecule has 0 spiro atoms. The molecule has 0 bridgehead atoms. The molecule has 0 atom stereocenters. The zero-order valence-corrected chi connectivity index (χ0v) is 9.24. The van der Waals surface area contributed by atoms with Crippen LogP contribution >= 0.6 is 0 Å². The molecule has 1 nitrogen and oxygen atoms in total. The van der Waals surface area contributed by atoms with E-state index in [4.69, 9.17) is 0 Å². The van der Waals surface area contributed by atoms with E-state index < -0.39 is 8.07 Å². The average Bonchev–Trinajstić information content (AvgIpc) is 1.78. The van der Waals surface area contributed by atoms with Gasteiger partial charge in [-0.3, -0.25) is 0 Å². The Bertz CT molecular complexity index is 124. The molecule has 0 aromatic heterocycles. The standard InChI is InChI=1S/C9H20OSi/c1-9(10)7-5-6-8-11(2,3)4/h5-8H2,1-4H3. The minimum atomic E-state index is -0.841. The highest BCUT2D eigenvalue weighted by molar-refractivity contribution is 6.76. The van der Waals surface area contributed by atoms with E-state index in [-0.39, 0.29) is 0 Å². The lowest BCUT2D eigenvalue weighted by molar-refractivity contribution is -0.117. The van der Waals surface area contributed by atoms with Crippen molar-refractivity contribution in [3.05, 3.63) is 0 Å².